The predicted molar refractivity (Wildman–Crippen MR) is 128 cm³/mol. The molecule has 0 aliphatic carbocycles. The maximum atomic E-state index is 13.0. The van der Waals surface area contributed by atoms with E-state index in [2.05, 4.69) is 10.6 Å². The van der Waals surface area contributed by atoms with E-state index in [9.17, 15) is 9.59 Å². The number of nitrogens with one attached hydrogen (secondary N) is 2. The topological polar surface area (TPSA) is 85.9 Å². The van der Waals surface area contributed by atoms with E-state index in [1.807, 2.05) is 61.5 Å². The van der Waals surface area contributed by atoms with Gasteiger partial charge in [-0.25, -0.2) is 9.59 Å². The van der Waals surface area contributed by atoms with E-state index in [-0.39, 0.29) is 12.2 Å². The first-order valence-electron chi connectivity index (χ1n) is 10.8. The van der Waals surface area contributed by atoms with Gasteiger partial charge in [0.1, 0.15) is 6.61 Å². The molecule has 3 aromatic carbocycles. The molecule has 1 aliphatic rings. The molecule has 2 amide bonds. The minimum atomic E-state index is -0.820. The number of aryl methyl sites for hydroxylation is 1. The molecule has 7 nitrogen and oxygen atoms in total. The molecule has 7 heteroatoms. The Labute approximate surface area is 198 Å². The molecule has 0 bridgehead atoms. The lowest BCUT2D eigenvalue weighted by Crippen LogP contribution is -2.45. The highest BCUT2D eigenvalue weighted by Gasteiger charge is 2.36. The monoisotopic (exact) mass is 458 g/mol. The van der Waals surface area contributed by atoms with Crippen LogP contribution in [0, 0.1) is 6.92 Å². The third kappa shape index (κ3) is 4.73. The second kappa shape index (κ2) is 10.1. The molecule has 2 N–H and O–H groups in total. The second-order valence-corrected chi connectivity index (χ2v) is 7.83. The SMILES string of the molecule is COC(=O)C1=C(c2ccccc2)NC(=O)NC1c1cccc(OC)c1OCc1cccc(C)c1. The number of para-hydroxylation sites is 1. The molecule has 1 aliphatic heterocycles. The van der Waals surface area contributed by atoms with Crippen LogP contribution in [0.15, 0.2) is 78.4 Å². The van der Waals surface area contributed by atoms with Crippen LogP contribution >= 0.6 is 0 Å². The normalized spacial score (nSPS) is 15.3. The summed E-state index contributed by atoms with van der Waals surface area (Å²) in [7, 11) is 2.86. The number of amides is 2. The maximum Gasteiger partial charge on any atom is 0.338 e. The van der Waals surface area contributed by atoms with Crippen molar-refractivity contribution in [2.45, 2.75) is 19.6 Å². The van der Waals surface area contributed by atoms with E-state index in [0.717, 1.165) is 11.1 Å². The molecule has 1 atom stereocenters. The highest BCUT2D eigenvalue weighted by atomic mass is 16.5. The van der Waals surface area contributed by atoms with Crippen molar-refractivity contribution in [1.29, 1.82) is 0 Å². The molecule has 3 aromatic rings. The van der Waals surface area contributed by atoms with Crippen molar-refractivity contribution in [3.8, 4) is 11.5 Å². The zero-order valence-corrected chi connectivity index (χ0v) is 19.3. The molecule has 1 unspecified atom stereocenters. The molecular weight excluding hydrogens is 432 g/mol. The highest BCUT2D eigenvalue weighted by Crippen LogP contribution is 2.41. The van der Waals surface area contributed by atoms with Gasteiger partial charge in [-0.1, -0.05) is 72.3 Å². The summed E-state index contributed by atoms with van der Waals surface area (Å²) in [4.78, 5) is 25.7. The van der Waals surface area contributed by atoms with Crippen molar-refractivity contribution in [2.24, 2.45) is 0 Å². The van der Waals surface area contributed by atoms with E-state index in [4.69, 9.17) is 14.2 Å². The predicted octanol–water partition coefficient (Wildman–Crippen LogP) is 4.52. The summed E-state index contributed by atoms with van der Waals surface area (Å²) in [6.45, 7) is 2.30. The quantitative estimate of drug-likeness (QED) is 0.509. The molecule has 0 spiro atoms. The molecule has 4 rings (SSSR count). The van der Waals surface area contributed by atoms with Crippen molar-refractivity contribution in [3.05, 3.63) is 101 Å². The van der Waals surface area contributed by atoms with Gasteiger partial charge in [-0.05, 0) is 24.1 Å². The van der Waals surface area contributed by atoms with E-state index in [1.165, 1.54) is 7.11 Å². The smallest absolute Gasteiger partial charge is 0.338 e. The molecule has 0 saturated carbocycles. The average Bonchev–Trinajstić information content (AvgIpc) is 2.86. The lowest BCUT2D eigenvalue weighted by Gasteiger charge is -2.30. The highest BCUT2D eigenvalue weighted by molar-refractivity contribution is 6.04. The molecule has 0 aromatic heterocycles. The van der Waals surface area contributed by atoms with Crippen LogP contribution < -0.4 is 20.1 Å². The zero-order chi connectivity index (χ0) is 24.1. The number of carbonyl (C=O) groups is 2. The van der Waals surface area contributed by atoms with Gasteiger partial charge < -0.3 is 24.8 Å². The number of esters is 1. The van der Waals surface area contributed by atoms with Crippen LogP contribution in [0.2, 0.25) is 0 Å². The van der Waals surface area contributed by atoms with E-state index >= 15 is 0 Å². The number of ether oxygens (including phenoxy) is 3. The Balaban J connectivity index is 1.83. The Bertz CT molecular complexity index is 1240. The molecule has 0 radical (unpaired) electrons. The van der Waals surface area contributed by atoms with Gasteiger partial charge in [-0.15, -0.1) is 0 Å². The maximum absolute atomic E-state index is 13.0. The fourth-order valence-electron chi connectivity index (χ4n) is 3.99. The lowest BCUT2D eigenvalue weighted by molar-refractivity contribution is -0.136. The van der Waals surface area contributed by atoms with Gasteiger partial charge in [0.25, 0.3) is 0 Å². The number of hydrogen-bond acceptors (Lipinski definition) is 5. The zero-order valence-electron chi connectivity index (χ0n) is 19.3. The summed E-state index contributed by atoms with van der Waals surface area (Å²) in [5, 5.41) is 5.62. The van der Waals surface area contributed by atoms with Crippen molar-refractivity contribution >= 4 is 17.7 Å². The van der Waals surface area contributed by atoms with Gasteiger partial charge in [-0.2, -0.15) is 0 Å². The largest absolute Gasteiger partial charge is 0.493 e. The van der Waals surface area contributed by atoms with Crippen LogP contribution in [0.25, 0.3) is 5.70 Å². The Morgan fingerprint density at radius 1 is 0.971 bits per heavy atom. The van der Waals surface area contributed by atoms with Crippen molar-refractivity contribution < 1.29 is 23.8 Å². The second-order valence-electron chi connectivity index (χ2n) is 7.83. The number of rotatable bonds is 7. The van der Waals surface area contributed by atoms with E-state index < -0.39 is 18.0 Å². The van der Waals surface area contributed by atoms with Gasteiger partial charge >= 0.3 is 12.0 Å². The number of methoxy groups -OCH3 is 2. The summed E-state index contributed by atoms with van der Waals surface area (Å²) in [5.74, 6) is 0.361. The standard InChI is InChI=1S/C27H26N2O5/c1-17-9-7-10-18(15-17)16-34-25-20(13-8-14-21(25)32-2)24-22(26(30)33-3)23(28-27(31)29-24)19-11-5-4-6-12-19/h4-15,24H,16H2,1-3H3,(H2,28,29,31). The van der Waals surface area contributed by atoms with Gasteiger partial charge in [0.15, 0.2) is 11.5 Å². The van der Waals surface area contributed by atoms with E-state index in [0.29, 0.717) is 28.3 Å². The van der Waals surface area contributed by atoms with Crippen LogP contribution in [0.5, 0.6) is 11.5 Å². The van der Waals surface area contributed by atoms with Crippen molar-refractivity contribution in [2.75, 3.05) is 14.2 Å². The number of urea groups is 1. The van der Waals surface area contributed by atoms with Crippen molar-refractivity contribution in [1.82, 2.24) is 10.6 Å². The van der Waals surface area contributed by atoms with Gasteiger partial charge in [-0.3, -0.25) is 0 Å². The third-order valence-corrected chi connectivity index (χ3v) is 5.55. The van der Waals surface area contributed by atoms with Gasteiger partial charge in [0.2, 0.25) is 0 Å². The summed E-state index contributed by atoms with van der Waals surface area (Å²) >= 11 is 0. The number of benzene rings is 3. The van der Waals surface area contributed by atoms with Gasteiger partial charge in [0, 0.05) is 5.56 Å². The Morgan fingerprint density at radius 3 is 2.44 bits per heavy atom. The molecule has 0 saturated heterocycles. The molecule has 34 heavy (non-hydrogen) atoms. The van der Waals surface area contributed by atoms with Gasteiger partial charge in [0.05, 0.1) is 31.5 Å². The fraction of sp³-hybridized carbons (Fsp3) is 0.185. The van der Waals surface area contributed by atoms with Crippen LogP contribution in [0.3, 0.4) is 0 Å². The first-order chi connectivity index (χ1) is 16.5. The van der Waals surface area contributed by atoms with E-state index in [1.54, 1.807) is 25.3 Å². The third-order valence-electron chi connectivity index (χ3n) is 5.55. The Hall–Kier alpha value is -4.26. The fourth-order valence-corrected chi connectivity index (χ4v) is 3.99. The summed E-state index contributed by atoms with van der Waals surface area (Å²) < 4.78 is 16.9. The van der Waals surface area contributed by atoms with Crippen LogP contribution in [-0.4, -0.2) is 26.2 Å². The minimum absolute atomic E-state index is 0.266. The molecule has 174 valence electrons. The lowest BCUT2D eigenvalue weighted by atomic mass is 9.92. The molecule has 1 heterocycles. The summed E-state index contributed by atoms with van der Waals surface area (Å²) in [5.41, 5.74) is 4.02. The Morgan fingerprint density at radius 2 is 1.74 bits per heavy atom. The first-order valence-corrected chi connectivity index (χ1v) is 10.8. The van der Waals surface area contributed by atoms with Crippen LogP contribution in [0.4, 0.5) is 4.79 Å². The summed E-state index contributed by atoms with van der Waals surface area (Å²) in [6, 6.07) is 21.3. The van der Waals surface area contributed by atoms with Crippen LogP contribution in [0.1, 0.15) is 28.3 Å². The van der Waals surface area contributed by atoms with Crippen molar-refractivity contribution in [3.63, 3.8) is 0 Å². The Kier molecular flexibility index (Phi) is 6.82. The molecular formula is C27H26N2O5. The first kappa shape index (κ1) is 22.9. The molecule has 0 fully saturated rings. The minimum Gasteiger partial charge on any atom is -0.493 e. The van der Waals surface area contributed by atoms with Crippen LogP contribution in [-0.2, 0) is 16.1 Å². The summed E-state index contributed by atoms with van der Waals surface area (Å²) in [6.07, 6.45) is 0. The number of hydrogen-bond donors (Lipinski definition) is 2. The number of carbonyl (C=O) groups excluding carboxylic acids is 2. The average molecular weight is 459 g/mol.